The monoisotopic (exact) mass is 400 g/mol. The van der Waals surface area contributed by atoms with E-state index in [1.165, 1.54) is 6.07 Å². The van der Waals surface area contributed by atoms with Crippen LogP contribution in [-0.2, 0) is 13.2 Å². The first-order chi connectivity index (χ1) is 13.5. The summed E-state index contributed by atoms with van der Waals surface area (Å²) in [7, 11) is 0. The molecular weight excluding hydrogens is 380 g/mol. The maximum Gasteiger partial charge on any atom is 0.169 e. The number of aromatic nitrogens is 1. The van der Waals surface area contributed by atoms with Gasteiger partial charge in [0.2, 0.25) is 0 Å². The third-order valence-corrected chi connectivity index (χ3v) is 4.29. The molecular formula is C19H21ClN6O2. The average Bonchev–Trinajstić information content (AvgIpc) is 2.69. The molecule has 0 bridgehead atoms. The van der Waals surface area contributed by atoms with Gasteiger partial charge in [-0.15, -0.1) is 0 Å². The van der Waals surface area contributed by atoms with Crippen molar-refractivity contribution in [1.82, 2.24) is 4.98 Å². The Morgan fingerprint density at radius 1 is 1.11 bits per heavy atom. The molecule has 0 spiro atoms. The highest BCUT2D eigenvalue weighted by Crippen LogP contribution is 2.32. The Morgan fingerprint density at radius 3 is 2.57 bits per heavy atom. The average molecular weight is 401 g/mol. The third kappa shape index (κ3) is 4.55. The van der Waals surface area contributed by atoms with Crippen molar-refractivity contribution >= 4 is 34.6 Å². The molecule has 8 nitrogen and oxygen atoms in total. The number of halogens is 1. The highest BCUT2D eigenvalue weighted by atomic mass is 35.5. The fourth-order valence-corrected chi connectivity index (χ4v) is 2.89. The van der Waals surface area contributed by atoms with Crippen molar-refractivity contribution in [2.75, 3.05) is 22.0 Å². The summed E-state index contributed by atoms with van der Waals surface area (Å²) in [6.07, 6.45) is 0. The fourth-order valence-electron chi connectivity index (χ4n) is 2.70. The van der Waals surface area contributed by atoms with E-state index in [4.69, 9.17) is 33.6 Å². The first-order valence-corrected chi connectivity index (χ1v) is 8.80. The van der Waals surface area contributed by atoms with E-state index >= 15 is 0 Å². The zero-order chi connectivity index (χ0) is 20.1. The topological polar surface area (TPSA) is 136 Å². The van der Waals surface area contributed by atoms with Gasteiger partial charge in [-0.25, -0.2) is 10.8 Å². The first kappa shape index (κ1) is 19.6. The first-order valence-electron chi connectivity index (χ1n) is 8.42. The molecule has 0 unspecified atom stereocenters. The van der Waals surface area contributed by atoms with Gasteiger partial charge in [0.05, 0.1) is 12.2 Å². The van der Waals surface area contributed by atoms with Gasteiger partial charge in [0.1, 0.15) is 23.9 Å². The van der Waals surface area contributed by atoms with Crippen LogP contribution in [0, 0.1) is 0 Å². The Bertz CT molecular complexity index is 955. The quantitative estimate of drug-likeness (QED) is 0.301. The zero-order valence-electron chi connectivity index (χ0n) is 15.0. The lowest BCUT2D eigenvalue weighted by Gasteiger charge is -2.21. The molecule has 0 atom stereocenters. The van der Waals surface area contributed by atoms with Crippen LogP contribution in [0.15, 0.2) is 54.6 Å². The summed E-state index contributed by atoms with van der Waals surface area (Å²) < 4.78 is 5.81. The van der Waals surface area contributed by atoms with Crippen LogP contribution in [0.3, 0.4) is 0 Å². The Morgan fingerprint density at radius 2 is 1.86 bits per heavy atom. The Hall–Kier alpha value is -3.20. The molecule has 9 heteroatoms. The van der Waals surface area contributed by atoms with Crippen LogP contribution in [-0.4, -0.2) is 10.2 Å². The second-order valence-corrected chi connectivity index (χ2v) is 6.49. The Kier molecular flexibility index (Phi) is 6.05. The molecule has 146 valence electrons. The van der Waals surface area contributed by atoms with E-state index < -0.39 is 0 Å². The van der Waals surface area contributed by atoms with Crippen molar-refractivity contribution in [2.24, 2.45) is 5.84 Å². The highest BCUT2D eigenvalue weighted by Gasteiger charge is 2.14. The lowest BCUT2D eigenvalue weighted by Crippen LogP contribution is -2.19. The van der Waals surface area contributed by atoms with E-state index in [2.05, 4.69) is 10.4 Å². The van der Waals surface area contributed by atoms with Gasteiger partial charge in [0, 0.05) is 16.7 Å². The molecule has 3 rings (SSSR count). The second-order valence-electron chi connectivity index (χ2n) is 6.06. The lowest BCUT2D eigenvalue weighted by molar-refractivity contribution is 0.245. The Labute approximate surface area is 167 Å². The molecule has 2 aromatic carbocycles. The maximum atomic E-state index is 10.6. The molecule has 0 aliphatic rings. The molecule has 0 fully saturated rings. The third-order valence-electron chi connectivity index (χ3n) is 4.06. The summed E-state index contributed by atoms with van der Waals surface area (Å²) >= 11 is 6.13. The minimum Gasteiger partial charge on any atom is -0.486 e. The number of pyridine rings is 1. The largest absolute Gasteiger partial charge is 0.486 e. The second kappa shape index (κ2) is 8.66. The number of hydroxylamine groups is 1. The lowest BCUT2D eigenvalue weighted by atomic mass is 10.1. The SMILES string of the molecule is NNc1nc(N)cc(OCc2cc(Cl)ccc2N(O)Cc2ccccc2)c1N. The maximum absolute atomic E-state index is 10.6. The number of nitrogens with one attached hydrogen (secondary N) is 1. The van der Waals surface area contributed by atoms with Crippen LogP contribution in [0.1, 0.15) is 11.1 Å². The van der Waals surface area contributed by atoms with Crippen molar-refractivity contribution in [1.29, 1.82) is 0 Å². The zero-order valence-corrected chi connectivity index (χ0v) is 15.7. The van der Waals surface area contributed by atoms with Gasteiger partial charge < -0.3 is 21.6 Å². The van der Waals surface area contributed by atoms with Gasteiger partial charge in [-0.3, -0.25) is 10.3 Å². The number of nitrogens with zero attached hydrogens (tertiary/aromatic N) is 2. The van der Waals surface area contributed by atoms with Crippen LogP contribution < -0.4 is 32.5 Å². The molecule has 0 saturated heterocycles. The molecule has 8 N–H and O–H groups in total. The molecule has 0 amide bonds. The molecule has 1 heterocycles. The number of hydrazine groups is 1. The standard InChI is InChI=1S/C19H21ClN6O2/c20-14-6-7-15(26(27)10-12-4-2-1-3-5-12)13(8-14)11-28-16-9-17(21)24-19(25-23)18(16)22/h1-9,27H,10-11,22-23H2,(H3,21,24,25). The molecule has 0 radical (unpaired) electrons. The molecule has 0 aliphatic carbocycles. The van der Waals surface area contributed by atoms with Crippen molar-refractivity contribution < 1.29 is 9.94 Å². The van der Waals surface area contributed by atoms with Gasteiger partial charge in [-0.05, 0) is 23.8 Å². The van der Waals surface area contributed by atoms with Crippen LogP contribution in [0.25, 0.3) is 0 Å². The minimum atomic E-state index is 0.0966. The number of anilines is 4. The van der Waals surface area contributed by atoms with Gasteiger partial charge in [0.25, 0.3) is 0 Å². The Balaban J connectivity index is 1.83. The molecule has 0 aliphatic heterocycles. The summed E-state index contributed by atoms with van der Waals surface area (Å²) in [6, 6.07) is 16.2. The number of hydrogen-bond acceptors (Lipinski definition) is 8. The van der Waals surface area contributed by atoms with E-state index in [0.717, 1.165) is 10.6 Å². The van der Waals surface area contributed by atoms with E-state index in [-0.39, 0.29) is 23.9 Å². The number of nitrogen functional groups attached to an aromatic ring is 3. The number of benzene rings is 2. The van der Waals surface area contributed by atoms with Crippen LogP contribution in [0.4, 0.5) is 23.0 Å². The number of nitrogens with two attached hydrogens (primary N) is 3. The predicted octanol–water partition coefficient (Wildman–Crippen LogP) is 3.16. The van der Waals surface area contributed by atoms with Gasteiger partial charge >= 0.3 is 0 Å². The van der Waals surface area contributed by atoms with Crippen LogP contribution >= 0.6 is 11.6 Å². The van der Waals surface area contributed by atoms with Crippen LogP contribution in [0.5, 0.6) is 5.75 Å². The van der Waals surface area contributed by atoms with Gasteiger partial charge in [0.15, 0.2) is 5.82 Å². The summed E-state index contributed by atoms with van der Waals surface area (Å²) in [6.45, 7) is 0.403. The summed E-state index contributed by atoms with van der Waals surface area (Å²) in [5.41, 5.74) is 16.5. The van der Waals surface area contributed by atoms with Gasteiger partial charge in [-0.1, -0.05) is 41.9 Å². The number of hydrogen-bond donors (Lipinski definition) is 5. The smallest absolute Gasteiger partial charge is 0.169 e. The predicted molar refractivity (Wildman–Crippen MR) is 111 cm³/mol. The molecule has 3 aromatic rings. The summed E-state index contributed by atoms with van der Waals surface area (Å²) in [5, 5.41) is 12.2. The molecule has 28 heavy (non-hydrogen) atoms. The van der Waals surface area contributed by atoms with E-state index in [1.54, 1.807) is 18.2 Å². The molecule has 0 saturated carbocycles. The van der Waals surface area contributed by atoms with Crippen molar-refractivity contribution in [3.8, 4) is 5.75 Å². The number of ether oxygens (including phenoxy) is 1. The van der Waals surface area contributed by atoms with E-state index in [0.29, 0.717) is 28.6 Å². The molecule has 1 aromatic heterocycles. The summed E-state index contributed by atoms with van der Waals surface area (Å²) in [5.74, 6) is 6.13. The van der Waals surface area contributed by atoms with Crippen molar-refractivity contribution in [3.63, 3.8) is 0 Å². The van der Waals surface area contributed by atoms with Crippen molar-refractivity contribution in [2.45, 2.75) is 13.2 Å². The fraction of sp³-hybridized carbons (Fsp3) is 0.105. The highest BCUT2D eigenvalue weighted by molar-refractivity contribution is 6.30. The minimum absolute atomic E-state index is 0.0966. The van der Waals surface area contributed by atoms with Gasteiger partial charge in [-0.2, -0.15) is 0 Å². The van der Waals surface area contributed by atoms with Crippen molar-refractivity contribution in [3.05, 3.63) is 70.7 Å². The van der Waals surface area contributed by atoms with E-state index in [9.17, 15) is 5.21 Å². The normalized spacial score (nSPS) is 10.5. The van der Waals surface area contributed by atoms with E-state index in [1.807, 2.05) is 30.3 Å². The summed E-state index contributed by atoms with van der Waals surface area (Å²) in [4.78, 5) is 3.98. The van der Waals surface area contributed by atoms with Crippen LogP contribution in [0.2, 0.25) is 5.02 Å². The number of rotatable bonds is 7.